The summed E-state index contributed by atoms with van der Waals surface area (Å²) in [5, 5.41) is 13.3. The summed E-state index contributed by atoms with van der Waals surface area (Å²) in [6, 6.07) is 0. The quantitative estimate of drug-likeness (QED) is 0.464. The number of nitrogens with zero attached hydrogens (tertiary/aromatic N) is 4. The zero-order chi connectivity index (χ0) is 13.8. The Morgan fingerprint density at radius 1 is 1.61 bits per heavy atom. The average molecular weight is 256 g/mol. The first-order valence-electron chi connectivity index (χ1n) is 6.00. The molecule has 1 amide bonds. The zero-order valence-electron chi connectivity index (χ0n) is 11.0. The standard InChI is InChI=1S/C11H20N4O3/c1-11(2,3)18-10(17)15-5-4-8(6-13-14-12)9(16)7-15/h8-9,16H,4-7H2,1-3H3. The van der Waals surface area contributed by atoms with E-state index in [4.69, 9.17) is 10.3 Å². The molecule has 2 unspecified atom stereocenters. The summed E-state index contributed by atoms with van der Waals surface area (Å²) < 4.78 is 5.24. The minimum absolute atomic E-state index is 0.0837. The van der Waals surface area contributed by atoms with Gasteiger partial charge in [-0.3, -0.25) is 0 Å². The SMILES string of the molecule is CC(C)(C)OC(=O)N1CCC(CN=[N+]=[N-])C(O)C1. The molecule has 1 fully saturated rings. The van der Waals surface area contributed by atoms with Crippen molar-refractivity contribution in [3.63, 3.8) is 0 Å². The highest BCUT2D eigenvalue weighted by atomic mass is 16.6. The Kier molecular flexibility index (Phi) is 4.81. The van der Waals surface area contributed by atoms with Crippen molar-refractivity contribution in [1.29, 1.82) is 0 Å². The number of piperidine rings is 1. The number of hydrogen-bond donors (Lipinski definition) is 1. The first-order chi connectivity index (χ1) is 8.33. The van der Waals surface area contributed by atoms with Crippen LogP contribution in [0.15, 0.2) is 5.11 Å². The third-order valence-electron chi connectivity index (χ3n) is 2.75. The largest absolute Gasteiger partial charge is 0.444 e. The zero-order valence-corrected chi connectivity index (χ0v) is 11.0. The molecule has 1 aliphatic heterocycles. The Morgan fingerprint density at radius 3 is 2.78 bits per heavy atom. The van der Waals surface area contributed by atoms with E-state index in [0.29, 0.717) is 13.0 Å². The summed E-state index contributed by atoms with van der Waals surface area (Å²) in [6.45, 7) is 6.40. The highest BCUT2D eigenvalue weighted by molar-refractivity contribution is 5.68. The number of β-amino-alcohol motifs (C(OH)–C–C–N with tert-alkyl or cyclic N) is 1. The number of amides is 1. The van der Waals surface area contributed by atoms with Crippen LogP contribution in [0.3, 0.4) is 0 Å². The fraction of sp³-hybridized carbons (Fsp3) is 0.909. The highest BCUT2D eigenvalue weighted by Crippen LogP contribution is 2.20. The van der Waals surface area contributed by atoms with Crippen molar-refractivity contribution in [2.24, 2.45) is 11.0 Å². The number of carbonyl (C=O) groups excluding carboxylic acids is 1. The predicted octanol–water partition coefficient (Wildman–Crippen LogP) is 1.91. The van der Waals surface area contributed by atoms with Gasteiger partial charge in [0.25, 0.3) is 0 Å². The molecule has 102 valence electrons. The molecule has 1 N–H and O–H groups in total. The summed E-state index contributed by atoms with van der Waals surface area (Å²) in [4.78, 5) is 16.0. The maximum Gasteiger partial charge on any atom is 0.410 e. The van der Waals surface area contributed by atoms with Gasteiger partial charge in [-0.25, -0.2) is 4.79 Å². The summed E-state index contributed by atoms with van der Waals surface area (Å²) >= 11 is 0. The lowest BCUT2D eigenvalue weighted by Gasteiger charge is -2.36. The third kappa shape index (κ3) is 4.43. The first-order valence-corrected chi connectivity index (χ1v) is 6.00. The van der Waals surface area contributed by atoms with Crippen molar-refractivity contribution < 1.29 is 14.6 Å². The molecule has 0 aromatic carbocycles. The number of rotatable bonds is 2. The Labute approximate surface area is 106 Å². The number of aliphatic hydroxyl groups is 1. The van der Waals surface area contributed by atoms with Gasteiger partial charge in [0.2, 0.25) is 0 Å². The van der Waals surface area contributed by atoms with E-state index < -0.39 is 17.8 Å². The molecule has 0 spiro atoms. The van der Waals surface area contributed by atoms with Gasteiger partial charge in [0.15, 0.2) is 0 Å². The van der Waals surface area contributed by atoms with Crippen molar-refractivity contribution in [2.75, 3.05) is 19.6 Å². The molecular weight excluding hydrogens is 236 g/mol. The molecule has 1 heterocycles. The second kappa shape index (κ2) is 5.93. The van der Waals surface area contributed by atoms with Crippen LogP contribution in [0.2, 0.25) is 0 Å². The van der Waals surface area contributed by atoms with Gasteiger partial charge in [-0.2, -0.15) is 0 Å². The van der Waals surface area contributed by atoms with Gasteiger partial charge in [-0.15, -0.1) is 0 Å². The van der Waals surface area contributed by atoms with Crippen molar-refractivity contribution >= 4 is 6.09 Å². The van der Waals surface area contributed by atoms with Crippen LogP contribution in [0.5, 0.6) is 0 Å². The van der Waals surface area contributed by atoms with Gasteiger partial charge in [-0.05, 0) is 38.6 Å². The van der Waals surface area contributed by atoms with Crippen LogP contribution in [0.1, 0.15) is 27.2 Å². The minimum Gasteiger partial charge on any atom is -0.444 e. The fourth-order valence-electron chi connectivity index (χ4n) is 1.83. The van der Waals surface area contributed by atoms with E-state index >= 15 is 0 Å². The third-order valence-corrected chi connectivity index (χ3v) is 2.75. The molecule has 0 saturated carbocycles. The van der Waals surface area contributed by atoms with Crippen molar-refractivity contribution in [2.45, 2.75) is 38.9 Å². The fourth-order valence-corrected chi connectivity index (χ4v) is 1.83. The van der Waals surface area contributed by atoms with E-state index in [1.165, 1.54) is 4.90 Å². The lowest BCUT2D eigenvalue weighted by Crippen LogP contribution is -2.48. The minimum atomic E-state index is -0.670. The van der Waals surface area contributed by atoms with Gasteiger partial charge >= 0.3 is 6.09 Å². The first kappa shape index (κ1) is 14.6. The van der Waals surface area contributed by atoms with Crippen molar-refractivity contribution in [1.82, 2.24) is 4.90 Å². The second-order valence-electron chi connectivity index (χ2n) is 5.46. The van der Waals surface area contributed by atoms with Crippen LogP contribution in [0.25, 0.3) is 10.4 Å². The van der Waals surface area contributed by atoms with E-state index in [0.717, 1.165) is 0 Å². The lowest BCUT2D eigenvalue weighted by molar-refractivity contribution is -0.0110. The predicted molar refractivity (Wildman–Crippen MR) is 65.9 cm³/mol. The molecule has 7 heteroatoms. The van der Waals surface area contributed by atoms with Crippen molar-refractivity contribution in [3.05, 3.63) is 10.4 Å². The molecule has 0 bridgehead atoms. The van der Waals surface area contributed by atoms with E-state index in [9.17, 15) is 9.90 Å². The van der Waals surface area contributed by atoms with E-state index in [-0.39, 0.29) is 19.0 Å². The molecule has 1 aliphatic rings. The van der Waals surface area contributed by atoms with E-state index in [2.05, 4.69) is 10.0 Å². The van der Waals surface area contributed by atoms with Gasteiger partial charge < -0.3 is 14.7 Å². The Balaban J connectivity index is 2.50. The smallest absolute Gasteiger partial charge is 0.410 e. The van der Waals surface area contributed by atoms with Gasteiger partial charge in [0, 0.05) is 18.0 Å². The van der Waals surface area contributed by atoms with Crippen LogP contribution < -0.4 is 0 Å². The van der Waals surface area contributed by atoms with Crippen LogP contribution in [-0.2, 0) is 4.74 Å². The molecule has 0 aliphatic carbocycles. The summed E-state index contributed by atoms with van der Waals surface area (Å²) in [6.07, 6.45) is -0.472. The summed E-state index contributed by atoms with van der Waals surface area (Å²) in [5.41, 5.74) is 7.71. The molecule has 0 aromatic heterocycles. The maximum atomic E-state index is 11.8. The summed E-state index contributed by atoms with van der Waals surface area (Å²) in [7, 11) is 0. The molecule has 18 heavy (non-hydrogen) atoms. The topological polar surface area (TPSA) is 98.5 Å². The van der Waals surface area contributed by atoms with Crippen LogP contribution >= 0.6 is 0 Å². The number of aliphatic hydroxyl groups excluding tert-OH is 1. The number of ether oxygens (including phenoxy) is 1. The van der Waals surface area contributed by atoms with E-state index in [1.54, 1.807) is 20.8 Å². The number of azide groups is 1. The van der Waals surface area contributed by atoms with Gasteiger partial charge in [0.1, 0.15) is 5.60 Å². The average Bonchev–Trinajstić information content (AvgIpc) is 2.25. The van der Waals surface area contributed by atoms with Gasteiger partial charge in [-0.1, -0.05) is 5.11 Å². The highest BCUT2D eigenvalue weighted by Gasteiger charge is 2.31. The van der Waals surface area contributed by atoms with Gasteiger partial charge in [0.05, 0.1) is 12.6 Å². The molecule has 0 aromatic rings. The van der Waals surface area contributed by atoms with Crippen LogP contribution in [0, 0.1) is 5.92 Å². The molecular formula is C11H20N4O3. The lowest BCUT2D eigenvalue weighted by atomic mass is 9.94. The Hall–Kier alpha value is -1.46. The Bertz CT molecular complexity index is 347. The monoisotopic (exact) mass is 256 g/mol. The maximum absolute atomic E-state index is 11.8. The molecule has 1 saturated heterocycles. The number of hydrogen-bond acceptors (Lipinski definition) is 4. The van der Waals surface area contributed by atoms with Crippen LogP contribution in [-0.4, -0.2) is 47.4 Å². The molecule has 7 nitrogen and oxygen atoms in total. The van der Waals surface area contributed by atoms with Crippen LogP contribution in [0.4, 0.5) is 4.79 Å². The Morgan fingerprint density at radius 2 is 2.28 bits per heavy atom. The summed E-state index contributed by atoms with van der Waals surface area (Å²) in [5.74, 6) is -0.0837. The molecule has 2 atom stereocenters. The molecule has 0 radical (unpaired) electrons. The second-order valence-corrected chi connectivity index (χ2v) is 5.46. The number of carbonyl (C=O) groups is 1. The van der Waals surface area contributed by atoms with Crippen molar-refractivity contribution in [3.8, 4) is 0 Å². The number of likely N-dealkylation sites (tertiary alicyclic amines) is 1. The molecule has 1 rings (SSSR count). The van der Waals surface area contributed by atoms with E-state index in [1.807, 2.05) is 0 Å². The normalized spacial score (nSPS) is 24.3.